The number of rotatable bonds is 4. The van der Waals surface area contributed by atoms with E-state index in [1.54, 1.807) is 42.5 Å². The van der Waals surface area contributed by atoms with Crippen LogP contribution in [0, 0.1) is 0 Å². The van der Waals surface area contributed by atoms with Gasteiger partial charge in [0.15, 0.2) is 0 Å². The number of benzene rings is 2. The van der Waals surface area contributed by atoms with Crippen molar-refractivity contribution in [2.24, 2.45) is 0 Å². The number of carboxylic acid groups (broad SMARTS) is 1. The Balaban J connectivity index is 1.86. The molecule has 2 N–H and O–H groups in total. The molecule has 0 bridgehead atoms. The Hall–Kier alpha value is -2.34. The third-order valence-corrected chi connectivity index (χ3v) is 5.25. The van der Waals surface area contributed by atoms with Crippen molar-refractivity contribution in [2.45, 2.75) is 0 Å². The van der Waals surface area contributed by atoms with Gasteiger partial charge in [0.25, 0.3) is 5.91 Å². The molecule has 4 nitrogen and oxygen atoms in total. The largest absolute Gasteiger partial charge is 0.478 e. The smallest absolute Gasteiger partial charge is 0.328 e. The molecular weight excluding hydrogens is 381 g/mol. The van der Waals surface area contributed by atoms with Crippen LogP contribution in [-0.4, -0.2) is 17.0 Å². The SMILES string of the molecule is O=C(O)/C=C/c1cccc(NC(=O)c2sc3cc(Cl)ccc3c2Cl)c1. The second-order valence-electron chi connectivity index (χ2n) is 5.14. The molecule has 0 saturated heterocycles. The summed E-state index contributed by atoms with van der Waals surface area (Å²) in [6.07, 6.45) is 2.49. The van der Waals surface area contributed by atoms with Gasteiger partial charge in [-0.1, -0.05) is 41.4 Å². The van der Waals surface area contributed by atoms with Crippen molar-refractivity contribution in [1.29, 1.82) is 0 Å². The van der Waals surface area contributed by atoms with E-state index in [4.69, 9.17) is 28.3 Å². The number of thiophene rings is 1. The zero-order valence-corrected chi connectivity index (χ0v) is 15.0. The lowest BCUT2D eigenvalue weighted by Crippen LogP contribution is -2.10. The summed E-state index contributed by atoms with van der Waals surface area (Å²) in [6, 6.07) is 12.1. The lowest BCUT2D eigenvalue weighted by Gasteiger charge is -2.05. The molecule has 0 aliphatic heterocycles. The van der Waals surface area contributed by atoms with Crippen LogP contribution in [-0.2, 0) is 4.79 Å². The minimum atomic E-state index is -1.04. The van der Waals surface area contributed by atoms with Crippen LogP contribution in [0.4, 0.5) is 5.69 Å². The second-order valence-corrected chi connectivity index (χ2v) is 7.00. The number of hydrogen-bond acceptors (Lipinski definition) is 3. The highest BCUT2D eigenvalue weighted by Crippen LogP contribution is 2.37. The summed E-state index contributed by atoms with van der Waals surface area (Å²) < 4.78 is 0.834. The molecule has 0 spiro atoms. The topological polar surface area (TPSA) is 66.4 Å². The number of carbonyl (C=O) groups excluding carboxylic acids is 1. The van der Waals surface area contributed by atoms with Gasteiger partial charge in [0.05, 0.1) is 5.02 Å². The van der Waals surface area contributed by atoms with E-state index in [9.17, 15) is 9.59 Å². The highest BCUT2D eigenvalue weighted by atomic mass is 35.5. The van der Waals surface area contributed by atoms with Crippen molar-refractivity contribution >= 4 is 68.3 Å². The molecule has 0 atom stereocenters. The number of aliphatic carboxylic acids is 1. The van der Waals surface area contributed by atoms with Crippen molar-refractivity contribution in [3.63, 3.8) is 0 Å². The van der Waals surface area contributed by atoms with Crippen LogP contribution in [0.3, 0.4) is 0 Å². The second kappa shape index (κ2) is 7.27. The predicted molar refractivity (Wildman–Crippen MR) is 103 cm³/mol. The first-order valence-corrected chi connectivity index (χ1v) is 8.71. The third-order valence-electron chi connectivity index (χ3n) is 3.36. The standard InChI is InChI=1S/C18H11Cl2NO3S/c19-11-5-6-13-14(9-11)25-17(16(13)20)18(24)21-12-3-1-2-10(8-12)4-7-15(22)23/h1-9H,(H,21,24)(H,22,23)/b7-4+. The highest BCUT2D eigenvalue weighted by Gasteiger charge is 2.17. The van der Waals surface area contributed by atoms with E-state index in [0.29, 0.717) is 26.2 Å². The van der Waals surface area contributed by atoms with E-state index in [1.165, 1.54) is 17.4 Å². The van der Waals surface area contributed by atoms with E-state index < -0.39 is 5.97 Å². The van der Waals surface area contributed by atoms with Gasteiger partial charge in [0.1, 0.15) is 4.88 Å². The Morgan fingerprint density at radius 3 is 2.68 bits per heavy atom. The Labute approximate surface area is 157 Å². The van der Waals surface area contributed by atoms with Crippen molar-refractivity contribution in [3.05, 3.63) is 69.0 Å². The maximum atomic E-state index is 12.5. The van der Waals surface area contributed by atoms with E-state index in [2.05, 4.69) is 5.32 Å². The van der Waals surface area contributed by atoms with Gasteiger partial charge < -0.3 is 10.4 Å². The molecule has 7 heteroatoms. The number of halogens is 2. The van der Waals surface area contributed by atoms with Gasteiger partial charge >= 0.3 is 5.97 Å². The molecule has 0 unspecified atom stereocenters. The quantitative estimate of drug-likeness (QED) is 0.572. The van der Waals surface area contributed by atoms with Gasteiger partial charge in [-0.25, -0.2) is 4.79 Å². The Morgan fingerprint density at radius 1 is 1.12 bits per heavy atom. The van der Waals surface area contributed by atoms with Gasteiger partial charge in [-0.15, -0.1) is 11.3 Å². The number of hydrogen-bond donors (Lipinski definition) is 2. The predicted octanol–water partition coefficient (Wildman–Crippen LogP) is 5.56. The van der Waals surface area contributed by atoms with Gasteiger partial charge in [-0.05, 0) is 35.9 Å². The number of amides is 1. The van der Waals surface area contributed by atoms with Crippen LogP contribution in [0.1, 0.15) is 15.2 Å². The van der Waals surface area contributed by atoms with Crippen molar-refractivity contribution < 1.29 is 14.7 Å². The first-order valence-electron chi connectivity index (χ1n) is 7.14. The van der Waals surface area contributed by atoms with E-state index in [0.717, 1.165) is 16.2 Å². The molecule has 0 aliphatic carbocycles. The van der Waals surface area contributed by atoms with Crippen molar-refractivity contribution in [3.8, 4) is 0 Å². The van der Waals surface area contributed by atoms with Crippen LogP contribution in [0.2, 0.25) is 10.0 Å². The van der Waals surface area contributed by atoms with E-state index >= 15 is 0 Å². The number of carbonyl (C=O) groups is 2. The number of carboxylic acids is 1. The lowest BCUT2D eigenvalue weighted by molar-refractivity contribution is -0.131. The van der Waals surface area contributed by atoms with E-state index in [-0.39, 0.29) is 5.91 Å². The molecule has 0 aliphatic rings. The van der Waals surface area contributed by atoms with Crippen LogP contribution in [0.5, 0.6) is 0 Å². The molecule has 1 aromatic heterocycles. The summed E-state index contributed by atoms with van der Waals surface area (Å²) in [5.74, 6) is -1.37. The van der Waals surface area contributed by atoms with Crippen molar-refractivity contribution in [2.75, 3.05) is 5.32 Å². The normalized spacial score (nSPS) is 11.1. The zero-order chi connectivity index (χ0) is 18.0. The minimum absolute atomic E-state index is 0.332. The van der Waals surface area contributed by atoms with Gasteiger partial charge in [-0.3, -0.25) is 4.79 Å². The molecule has 0 radical (unpaired) electrons. The van der Waals surface area contributed by atoms with Crippen LogP contribution in [0.15, 0.2) is 48.5 Å². The van der Waals surface area contributed by atoms with Crippen LogP contribution < -0.4 is 5.32 Å². The number of fused-ring (bicyclic) bond motifs is 1. The summed E-state index contributed by atoms with van der Waals surface area (Å²) in [6.45, 7) is 0. The Morgan fingerprint density at radius 2 is 1.92 bits per heavy atom. The minimum Gasteiger partial charge on any atom is -0.478 e. The van der Waals surface area contributed by atoms with E-state index in [1.807, 2.05) is 0 Å². The molecule has 0 fully saturated rings. The highest BCUT2D eigenvalue weighted by molar-refractivity contribution is 7.21. The summed E-state index contributed by atoms with van der Waals surface area (Å²) in [5, 5.41) is 13.2. The third kappa shape index (κ3) is 4.02. The zero-order valence-electron chi connectivity index (χ0n) is 12.6. The maximum absolute atomic E-state index is 12.5. The fourth-order valence-corrected chi connectivity index (χ4v) is 3.95. The number of nitrogens with one attached hydrogen (secondary N) is 1. The summed E-state index contributed by atoms with van der Waals surface area (Å²) in [4.78, 5) is 23.5. The fraction of sp³-hybridized carbons (Fsp3) is 0. The van der Waals surface area contributed by atoms with Gasteiger partial charge in [-0.2, -0.15) is 0 Å². The van der Waals surface area contributed by atoms with Crippen LogP contribution >= 0.6 is 34.5 Å². The molecule has 3 aromatic rings. The molecule has 2 aromatic carbocycles. The maximum Gasteiger partial charge on any atom is 0.328 e. The summed E-state index contributed by atoms with van der Waals surface area (Å²) >= 11 is 13.6. The average Bonchev–Trinajstić information content (AvgIpc) is 2.89. The molecule has 1 amide bonds. The van der Waals surface area contributed by atoms with Crippen LogP contribution in [0.25, 0.3) is 16.2 Å². The monoisotopic (exact) mass is 391 g/mol. The molecule has 0 saturated carbocycles. The molecular formula is C18H11Cl2NO3S. The van der Waals surface area contributed by atoms with Crippen molar-refractivity contribution in [1.82, 2.24) is 0 Å². The summed E-state index contributed by atoms with van der Waals surface area (Å²) in [7, 11) is 0. The Bertz CT molecular complexity index is 1010. The molecule has 3 rings (SSSR count). The lowest BCUT2D eigenvalue weighted by atomic mass is 10.2. The van der Waals surface area contributed by atoms with Gasteiger partial charge in [0, 0.05) is 26.9 Å². The molecule has 126 valence electrons. The first kappa shape index (κ1) is 17.5. The first-order chi connectivity index (χ1) is 11.9. The molecule has 1 heterocycles. The Kier molecular flexibility index (Phi) is 5.08. The average molecular weight is 392 g/mol. The summed E-state index contributed by atoms with van der Waals surface area (Å²) in [5.41, 5.74) is 1.21. The fourth-order valence-electron chi connectivity index (χ4n) is 2.26. The molecule has 25 heavy (non-hydrogen) atoms. The number of anilines is 1. The van der Waals surface area contributed by atoms with Gasteiger partial charge in [0.2, 0.25) is 0 Å².